The minimum Gasteiger partial charge on any atom is -0.326 e. The van der Waals surface area contributed by atoms with Crippen LogP contribution in [0, 0.1) is 0 Å². The summed E-state index contributed by atoms with van der Waals surface area (Å²) >= 11 is 0. The first-order chi connectivity index (χ1) is 6.88. The minimum absolute atomic E-state index is 0.579. The number of rotatable bonds is 3. The summed E-state index contributed by atoms with van der Waals surface area (Å²) in [6.07, 6.45) is 3.41. The van der Waals surface area contributed by atoms with E-state index in [0.29, 0.717) is 6.54 Å². The van der Waals surface area contributed by atoms with E-state index >= 15 is 0 Å². The Balaban J connectivity index is 2.17. The molecule has 4 nitrogen and oxygen atoms in total. The summed E-state index contributed by atoms with van der Waals surface area (Å²) in [7, 11) is 0. The third-order valence-corrected chi connectivity index (χ3v) is 2.06. The van der Waals surface area contributed by atoms with Gasteiger partial charge in [0, 0.05) is 6.54 Å². The van der Waals surface area contributed by atoms with Gasteiger partial charge >= 0.3 is 0 Å². The Labute approximate surface area is 82.4 Å². The molecule has 0 saturated heterocycles. The first-order valence-corrected chi connectivity index (χ1v) is 4.49. The predicted molar refractivity (Wildman–Crippen MR) is 53.5 cm³/mol. The average Bonchev–Trinajstić information content (AvgIpc) is 2.71. The summed E-state index contributed by atoms with van der Waals surface area (Å²) in [5.74, 6) is 0. The van der Waals surface area contributed by atoms with Gasteiger partial charge in [-0.05, 0) is 11.1 Å². The van der Waals surface area contributed by atoms with Gasteiger partial charge in [0.25, 0.3) is 0 Å². The molecule has 1 heterocycles. The fraction of sp³-hybridized carbons (Fsp3) is 0.200. The zero-order valence-corrected chi connectivity index (χ0v) is 7.80. The summed E-state index contributed by atoms with van der Waals surface area (Å²) < 4.78 is 1.93. The normalized spacial score (nSPS) is 10.4. The van der Waals surface area contributed by atoms with Crippen LogP contribution in [0.4, 0.5) is 0 Å². The fourth-order valence-corrected chi connectivity index (χ4v) is 1.37. The van der Waals surface area contributed by atoms with Crippen LogP contribution in [0.2, 0.25) is 0 Å². The van der Waals surface area contributed by atoms with Crippen LogP contribution in [-0.4, -0.2) is 14.8 Å². The molecule has 0 aliphatic rings. The standard InChI is InChI=1S/C10H12N4/c11-5-9-2-1-3-10(4-9)6-14-7-12-13-8-14/h1-4,7-8H,5-6,11H2. The SMILES string of the molecule is NCc1cccc(Cn2cnnc2)c1. The Kier molecular flexibility index (Phi) is 2.55. The molecule has 2 N–H and O–H groups in total. The van der Waals surface area contributed by atoms with Crippen molar-refractivity contribution in [3.05, 3.63) is 48.0 Å². The van der Waals surface area contributed by atoms with Crippen molar-refractivity contribution >= 4 is 0 Å². The molecule has 4 heteroatoms. The molecule has 14 heavy (non-hydrogen) atoms. The van der Waals surface area contributed by atoms with Crippen LogP contribution in [-0.2, 0) is 13.1 Å². The van der Waals surface area contributed by atoms with Crippen molar-refractivity contribution < 1.29 is 0 Å². The van der Waals surface area contributed by atoms with E-state index in [4.69, 9.17) is 5.73 Å². The van der Waals surface area contributed by atoms with Crippen molar-refractivity contribution in [3.63, 3.8) is 0 Å². The van der Waals surface area contributed by atoms with E-state index in [1.54, 1.807) is 12.7 Å². The van der Waals surface area contributed by atoms with Crippen LogP contribution in [0.25, 0.3) is 0 Å². The number of nitrogens with two attached hydrogens (primary N) is 1. The number of aromatic nitrogens is 3. The second-order valence-corrected chi connectivity index (χ2v) is 3.16. The van der Waals surface area contributed by atoms with Crippen LogP contribution in [0.5, 0.6) is 0 Å². The molecule has 1 aromatic carbocycles. The van der Waals surface area contributed by atoms with Crippen molar-refractivity contribution in [1.29, 1.82) is 0 Å². The highest BCUT2D eigenvalue weighted by Gasteiger charge is 1.96. The highest BCUT2D eigenvalue weighted by atomic mass is 15.2. The van der Waals surface area contributed by atoms with Gasteiger partial charge in [-0.1, -0.05) is 24.3 Å². The number of hydrogen-bond acceptors (Lipinski definition) is 3. The van der Waals surface area contributed by atoms with Crippen molar-refractivity contribution in [1.82, 2.24) is 14.8 Å². The molecule has 0 bridgehead atoms. The molecule has 2 aromatic rings. The predicted octanol–water partition coefficient (Wildman–Crippen LogP) is 0.785. The lowest BCUT2D eigenvalue weighted by Gasteiger charge is -2.03. The second kappa shape index (κ2) is 4.02. The van der Waals surface area contributed by atoms with E-state index < -0.39 is 0 Å². The van der Waals surface area contributed by atoms with E-state index in [9.17, 15) is 0 Å². The molecule has 0 aliphatic carbocycles. The topological polar surface area (TPSA) is 56.7 Å². The quantitative estimate of drug-likeness (QED) is 0.774. The summed E-state index contributed by atoms with van der Waals surface area (Å²) in [4.78, 5) is 0. The zero-order chi connectivity index (χ0) is 9.80. The highest BCUT2D eigenvalue weighted by Crippen LogP contribution is 2.05. The van der Waals surface area contributed by atoms with Gasteiger partial charge in [0.2, 0.25) is 0 Å². The van der Waals surface area contributed by atoms with E-state index in [-0.39, 0.29) is 0 Å². The van der Waals surface area contributed by atoms with Crippen molar-refractivity contribution in [2.45, 2.75) is 13.1 Å². The maximum Gasteiger partial charge on any atom is 0.119 e. The van der Waals surface area contributed by atoms with Gasteiger partial charge in [0.15, 0.2) is 0 Å². The Hall–Kier alpha value is -1.68. The summed E-state index contributed by atoms with van der Waals surface area (Å²) in [5.41, 5.74) is 7.92. The van der Waals surface area contributed by atoms with Gasteiger partial charge in [-0.25, -0.2) is 0 Å². The van der Waals surface area contributed by atoms with Gasteiger partial charge < -0.3 is 10.3 Å². The van der Waals surface area contributed by atoms with Gasteiger partial charge in [0.1, 0.15) is 12.7 Å². The van der Waals surface area contributed by atoms with Crippen molar-refractivity contribution in [3.8, 4) is 0 Å². The highest BCUT2D eigenvalue weighted by molar-refractivity contribution is 5.23. The van der Waals surface area contributed by atoms with Crippen LogP contribution < -0.4 is 5.73 Å². The van der Waals surface area contributed by atoms with E-state index in [0.717, 1.165) is 12.1 Å². The smallest absolute Gasteiger partial charge is 0.119 e. The second-order valence-electron chi connectivity index (χ2n) is 3.16. The zero-order valence-electron chi connectivity index (χ0n) is 7.80. The number of benzene rings is 1. The molecule has 2 rings (SSSR count). The summed E-state index contributed by atoms with van der Waals surface area (Å²) in [6.45, 7) is 1.37. The largest absolute Gasteiger partial charge is 0.326 e. The lowest BCUT2D eigenvalue weighted by Crippen LogP contribution is -2.00. The van der Waals surface area contributed by atoms with E-state index in [2.05, 4.69) is 22.3 Å². The van der Waals surface area contributed by atoms with Crippen LogP contribution in [0.1, 0.15) is 11.1 Å². The van der Waals surface area contributed by atoms with E-state index in [1.165, 1.54) is 5.56 Å². The average molecular weight is 188 g/mol. The first kappa shape index (κ1) is 8.90. The number of nitrogens with zero attached hydrogens (tertiary/aromatic N) is 3. The molecule has 1 aromatic heterocycles. The molecule has 0 unspecified atom stereocenters. The van der Waals surface area contributed by atoms with Crippen LogP contribution in [0.3, 0.4) is 0 Å². The van der Waals surface area contributed by atoms with Crippen molar-refractivity contribution in [2.75, 3.05) is 0 Å². The molecule has 0 saturated carbocycles. The minimum atomic E-state index is 0.579. The van der Waals surface area contributed by atoms with Crippen molar-refractivity contribution in [2.24, 2.45) is 5.73 Å². The monoisotopic (exact) mass is 188 g/mol. The summed E-state index contributed by atoms with van der Waals surface area (Å²) in [5, 5.41) is 7.50. The van der Waals surface area contributed by atoms with Crippen LogP contribution in [0.15, 0.2) is 36.9 Å². The molecular formula is C10H12N4. The van der Waals surface area contributed by atoms with Gasteiger partial charge in [-0.15, -0.1) is 10.2 Å². The molecule has 0 aliphatic heterocycles. The Morgan fingerprint density at radius 2 is 1.86 bits per heavy atom. The first-order valence-electron chi connectivity index (χ1n) is 4.49. The molecule has 0 fully saturated rings. The van der Waals surface area contributed by atoms with Gasteiger partial charge in [-0.3, -0.25) is 0 Å². The van der Waals surface area contributed by atoms with E-state index in [1.807, 2.05) is 16.7 Å². The third kappa shape index (κ3) is 1.97. The molecular weight excluding hydrogens is 176 g/mol. The number of hydrogen-bond donors (Lipinski definition) is 1. The van der Waals surface area contributed by atoms with Gasteiger partial charge in [0.05, 0.1) is 6.54 Å². The molecule has 0 spiro atoms. The summed E-state index contributed by atoms with van der Waals surface area (Å²) in [6, 6.07) is 8.21. The fourth-order valence-electron chi connectivity index (χ4n) is 1.37. The Bertz CT molecular complexity index is 394. The maximum absolute atomic E-state index is 5.56. The lowest BCUT2D eigenvalue weighted by atomic mass is 10.1. The maximum atomic E-state index is 5.56. The lowest BCUT2D eigenvalue weighted by molar-refractivity contribution is 0.792. The van der Waals surface area contributed by atoms with Crippen LogP contribution >= 0.6 is 0 Å². The Morgan fingerprint density at radius 3 is 2.57 bits per heavy atom. The van der Waals surface area contributed by atoms with Gasteiger partial charge in [-0.2, -0.15) is 0 Å². The Morgan fingerprint density at radius 1 is 1.14 bits per heavy atom. The molecule has 72 valence electrons. The molecule has 0 amide bonds. The molecule has 0 atom stereocenters. The molecule has 0 radical (unpaired) electrons. The third-order valence-electron chi connectivity index (χ3n) is 2.06.